The van der Waals surface area contributed by atoms with Crippen molar-refractivity contribution in [2.45, 2.75) is 19.3 Å². The Kier molecular flexibility index (Phi) is 3.67. The van der Waals surface area contributed by atoms with Gasteiger partial charge in [-0.05, 0) is 25.0 Å². The Hall–Kier alpha value is -1.89. The molecule has 1 aromatic heterocycles. The number of carbonyl (C=O) groups excluding carboxylic acids is 2. The van der Waals surface area contributed by atoms with E-state index in [4.69, 9.17) is 5.11 Å². The van der Waals surface area contributed by atoms with Crippen LogP contribution in [0.4, 0.5) is 5.00 Å². The van der Waals surface area contributed by atoms with Gasteiger partial charge in [-0.3, -0.25) is 14.4 Å². The number of nitrogens with zero attached hydrogens (tertiary/aromatic N) is 1. The molecule has 2 N–H and O–H groups in total. The maximum Gasteiger partial charge on any atom is 0.303 e. The fourth-order valence-corrected chi connectivity index (χ4v) is 3.23. The second-order valence-electron chi connectivity index (χ2n) is 5.60. The SMILES string of the molecule is O=C(O)CC1CN(C(=O)c2ccc(NC(=O)C3CC3)s2)C1. The minimum Gasteiger partial charge on any atom is -0.481 e. The maximum atomic E-state index is 12.2. The summed E-state index contributed by atoms with van der Waals surface area (Å²) in [6, 6.07) is 3.45. The van der Waals surface area contributed by atoms with Crippen LogP contribution in [0.15, 0.2) is 12.1 Å². The summed E-state index contributed by atoms with van der Waals surface area (Å²) in [5, 5.41) is 12.2. The molecule has 1 aromatic rings. The van der Waals surface area contributed by atoms with Crippen LogP contribution in [0.5, 0.6) is 0 Å². The summed E-state index contributed by atoms with van der Waals surface area (Å²) in [5.74, 6) is -0.693. The number of aliphatic carboxylic acids is 1. The van der Waals surface area contributed by atoms with E-state index in [1.807, 2.05) is 0 Å². The molecule has 2 amide bonds. The van der Waals surface area contributed by atoms with Gasteiger partial charge < -0.3 is 15.3 Å². The Bertz CT molecular complexity index is 588. The van der Waals surface area contributed by atoms with E-state index in [1.165, 1.54) is 11.3 Å². The van der Waals surface area contributed by atoms with Gasteiger partial charge in [-0.25, -0.2) is 0 Å². The molecule has 3 rings (SSSR count). The lowest BCUT2D eigenvalue weighted by atomic mass is 9.96. The molecule has 0 bridgehead atoms. The van der Waals surface area contributed by atoms with Crippen LogP contribution < -0.4 is 5.32 Å². The summed E-state index contributed by atoms with van der Waals surface area (Å²) < 4.78 is 0. The van der Waals surface area contributed by atoms with Crippen LogP contribution in [-0.2, 0) is 9.59 Å². The van der Waals surface area contributed by atoms with Gasteiger partial charge in [0.05, 0.1) is 16.3 Å². The van der Waals surface area contributed by atoms with Gasteiger partial charge in [-0.2, -0.15) is 0 Å². The molecule has 0 radical (unpaired) electrons. The topological polar surface area (TPSA) is 86.7 Å². The van der Waals surface area contributed by atoms with Crippen molar-refractivity contribution in [2.75, 3.05) is 18.4 Å². The van der Waals surface area contributed by atoms with Gasteiger partial charge in [0, 0.05) is 24.9 Å². The lowest BCUT2D eigenvalue weighted by molar-refractivity contribution is -0.139. The molecule has 2 heterocycles. The van der Waals surface area contributed by atoms with E-state index in [0.29, 0.717) is 23.0 Å². The van der Waals surface area contributed by atoms with E-state index in [0.717, 1.165) is 12.8 Å². The first kappa shape index (κ1) is 14.1. The smallest absolute Gasteiger partial charge is 0.303 e. The van der Waals surface area contributed by atoms with E-state index in [9.17, 15) is 14.4 Å². The highest BCUT2D eigenvalue weighted by molar-refractivity contribution is 7.18. The minimum absolute atomic E-state index is 0.0290. The van der Waals surface area contributed by atoms with Crippen molar-refractivity contribution in [3.63, 3.8) is 0 Å². The average molecular weight is 308 g/mol. The van der Waals surface area contributed by atoms with E-state index < -0.39 is 5.97 Å². The third kappa shape index (κ3) is 3.24. The number of carboxylic acids is 1. The first-order valence-electron chi connectivity index (χ1n) is 6.94. The zero-order valence-corrected chi connectivity index (χ0v) is 12.2. The third-order valence-electron chi connectivity index (χ3n) is 3.72. The third-order valence-corrected chi connectivity index (χ3v) is 4.71. The van der Waals surface area contributed by atoms with E-state index in [2.05, 4.69) is 5.32 Å². The Balaban J connectivity index is 1.53. The number of hydrogen-bond donors (Lipinski definition) is 2. The molecule has 0 spiro atoms. The summed E-state index contributed by atoms with van der Waals surface area (Å²) in [6.45, 7) is 0.986. The Morgan fingerprint density at radius 3 is 2.62 bits per heavy atom. The standard InChI is InChI=1S/C14H16N2O4S/c17-12(18)5-8-6-16(7-8)14(20)10-3-4-11(21-10)15-13(19)9-1-2-9/h3-4,8-9H,1-2,5-7H2,(H,15,19)(H,17,18). The number of carboxylic acid groups (broad SMARTS) is 1. The number of hydrogen-bond acceptors (Lipinski definition) is 4. The normalized spacial score (nSPS) is 18.2. The molecule has 0 unspecified atom stereocenters. The van der Waals surface area contributed by atoms with E-state index >= 15 is 0 Å². The maximum absolute atomic E-state index is 12.2. The van der Waals surface area contributed by atoms with Gasteiger partial charge in [-0.15, -0.1) is 11.3 Å². The number of anilines is 1. The zero-order valence-electron chi connectivity index (χ0n) is 11.4. The number of thiophene rings is 1. The summed E-state index contributed by atoms with van der Waals surface area (Å²) in [4.78, 5) is 36.6. The highest BCUT2D eigenvalue weighted by atomic mass is 32.1. The van der Waals surface area contributed by atoms with Crippen LogP contribution in [-0.4, -0.2) is 40.9 Å². The molecule has 0 aromatic carbocycles. The molecular formula is C14H16N2O4S. The number of rotatable bonds is 5. The fraction of sp³-hybridized carbons (Fsp3) is 0.500. The van der Waals surface area contributed by atoms with Crippen molar-refractivity contribution in [1.29, 1.82) is 0 Å². The molecule has 21 heavy (non-hydrogen) atoms. The van der Waals surface area contributed by atoms with Crippen LogP contribution in [0.3, 0.4) is 0 Å². The van der Waals surface area contributed by atoms with Crippen LogP contribution in [0.1, 0.15) is 28.9 Å². The predicted octanol–water partition coefficient (Wildman–Crippen LogP) is 1.64. The van der Waals surface area contributed by atoms with Crippen LogP contribution >= 0.6 is 11.3 Å². The highest BCUT2D eigenvalue weighted by Gasteiger charge is 2.33. The predicted molar refractivity (Wildman–Crippen MR) is 77.3 cm³/mol. The summed E-state index contributed by atoms with van der Waals surface area (Å²) in [6.07, 6.45) is 2.00. The van der Waals surface area contributed by atoms with E-state index in [-0.39, 0.29) is 30.1 Å². The van der Waals surface area contributed by atoms with Crippen LogP contribution in [0, 0.1) is 11.8 Å². The lowest BCUT2D eigenvalue weighted by Gasteiger charge is -2.38. The fourth-order valence-electron chi connectivity index (χ4n) is 2.36. The van der Waals surface area contributed by atoms with Crippen LogP contribution in [0.2, 0.25) is 0 Å². The van der Waals surface area contributed by atoms with Crippen molar-refractivity contribution >= 4 is 34.1 Å². The number of carbonyl (C=O) groups is 3. The highest BCUT2D eigenvalue weighted by Crippen LogP contribution is 2.32. The molecule has 1 aliphatic carbocycles. The molecule has 6 nitrogen and oxygen atoms in total. The first-order chi connectivity index (χ1) is 10.0. The molecule has 1 saturated heterocycles. The quantitative estimate of drug-likeness (QED) is 0.866. The van der Waals surface area contributed by atoms with Gasteiger partial charge in [-0.1, -0.05) is 0 Å². The molecular weight excluding hydrogens is 292 g/mol. The molecule has 112 valence electrons. The molecule has 2 fully saturated rings. The Labute approximate surface area is 125 Å². The summed E-state index contributed by atoms with van der Waals surface area (Å²) >= 11 is 1.27. The summed E-state index contributed by atoms with van der Waals surface area (Å²) in [5.41, 5.74) is 0. The first-order valence-corrected chi connectivity index (χ1v) is 7.76. The van der Waals surface area contributed by atoms with Gasteiger partial charge >= 0.3 is 5.97 Å². The molecule has 7 heteroatoms. The summed E-state index contributed by atoms with van der Waals surface area (Å²) in [7, 11) is 0. The number of nitrogens with one attached hydrogen (secondary N) is 1. The Morgan fingerprint density at radius 2 is 2.00 bits per heavy atom. The second kappa shape index (κ2) is 5.48. The van der Waals surface area contributed by atoms with Gasteiger partial charge in [0.2, 0.25) is 5.91 Å². The molecule has 1 aliphatic heterocycles. The second-order valence-corrected chi connectivity index (χ2v) is 6.69. The van der Waals surface area contributed by atoms with Crippen molar-refractivity contribution in [1.82, 2.24) is 4.90 Å². The largest absolute Gasteiger partial charge is 0.481 e. The Morgan fingerprint density at radius 1 is 1.29 bits per heavy atom. The zero-order chi connectivity index (χ0) is 15.0. The molecule has 2 aliphatic rings. The van der Waals surface area contributed by atoms with E-state index in [1.54, 1.807) is 17.0 Å². The number of likely N-dealkylation sites (tertiary alicyclic amines) is 1. The molecule has 0 atom stereocenters. The van der Waals surface area contributed by atoms with Gasteiger partial charge in [0.1, 0.15) is 0 Å². The average Bonchev–Trinajstić information content (AvgIpc) is 3.13. The lowest BCUT2D eigenvalue weighted by Crippen LogP contribution is -2.50. The van der Waals surface area contributed by atoms with Gasteiger partial charge in [0.15, 0.2) is 0 Å². The number of amides is 2. The van der Waals surface area contributed by atoms with Crippen LogP contribution in [0.25, 0.3) is 0 Å². The van der Waals surface area contributed by atoms with Crippen molar-refractivity contribution < 1.29 is 19.5 Å². The minimum atomic E-state index is -0.826. The van der Waals surface area contributed by atoms with Crippen molar-refractivity contribution in [3.05, 3.63) is 17.0 Å². The molecule has 1 saturated carbocycles. The monoisotopic (exact) mass is 308 g/mol. The van der Waals surface area contributed by atoms with Crippen molar-refractivity contribution in [2.24, 2.45) is 11.8 Å². The van der Waals surface area contributed by atoms with Gasteiger partial charge in [0.25, 0.3) is 5.91 Å². The van der Waals surface area contributed by atoms with Crippen molar-refractivity contribution in [3.8, 4) is 0 Å².